The fourth-order valence-electron chi connectivity index (χ4n) is 4.20. The van der Waals surface area contributed by atoms with Gasteiger partial charge in [0.2, 0.25) is 0 Å². The molecular weight excluding hydrogens is 456 g/mol. The first kappa shape index (κ1) is 22.2. The lowest BCUT2D eigenvalue weighted by Gasteiger charge is -2.70. The van der Waals surface area contributed by atoms with Gasteiger partial charge >= 0.3 is 0 Å². The summed E-state index contributed by atoms with van der Waals surface area (Å²) in [6.45, 7) is -0.808. The summed E-state index contributed by atoms with van der Waals surface area (Å²) in [5.41, 5.74) is -0.920. The number of hydrogen-bond acceptors (Lipinski definition) is 4. The summed E-state index contributed by atoms with van der Waals surface area (Å²) in [7, 11) is 0. The lowest BCUT2D eigenvalue weighted by Crippen LogP contribution is -2.84. The third kappa shape index (κ3) is 4.45. The number of hydrogen-bond donors (Lipinski definition) is 2. The number of carbonyl (C=O) groups excluding carboxylic acids is 2. The SMILES string of the molecule is O=C(COc1ccc(Cl)c(F)c1)NC12CC(NC(=O)COc3cc(F)c(F)c(F)c3)(C1)C2. The number of carbonyl (C=O) groups is 2. The largest absolute Gasteiger partial charge is 0.484 e. The van der Waals surface area contributed by atoms with Gasteiger partial charge in [-0.05, 0) is 31.4 Å². The minimum Gasteiger partial charge on any atom is -0.484 e. The van der Waals surface area contributed by atoms with Gasteiger partial charge in [0.05, 0.1) is 5.02 Å². The second kappa shape index (κ2) is 8.16. The molecule has 0 saturated heterocycles. The molecule has 0 radical (unpaired) electrons. The lowest BCUT2D eigenvalue weighted by atomic mass is 9.44. The van der Waals surface area contributed by atoms with Crippen LogP contribution in [0.5, 0.6) is 11.5 Å². The quantitative estimate of drug-likeness (QED) is 0.457. The van der Waals surface area contributed by atoms with Crippen molar-refractivity contribution < 1.29 is 36.6 Å². The molecule has 32 heavy (non-hydrogen) atoms. The average molecular weight is 473 g/mol. The van der Waals surface area contributed by atoms with Gasteiger partial charge in [-0.25, -0.2) is 17.6 Å². The first-order valence-corrected chi connectivity index (χ1v) is 9.94. The van der Waals surface area contributed by atoms with E-state index >= 15 is 0 Å². The average Bonchev–Trinajstić information content (AvgIpc) is 2.68. The van der Waals surface area contributed by atoms with Gasteiger partial charge in [0.15, 0.2) is 30.7 Å². The van der Waals surface area contributed by atoms with Crippen molar-refractivity contribution in [2.45, 2.75) is 30.3 Å². The van der Waals surface area contributed by atoms with E-state index in [4.69, 9.17) is 21.1 Å². The molecule has 5 rings (SSSR count). The van der Waals surface area contributed by atoms with E-state index in [0.717, 1.165) is 6.07 Å². The molecule has 2 aromatic carbocycles. The van der Waals surface area contributed by atoms with Crippen molar-refractivity contribution in [1.29, 1.82) is 0 Å². The normalized spacial score (nSPS) is 22.9. The molecule has 11 heteroatoms. The molecule has 2 N–H and O–H groups in total. The summed E-state index contributed by atoms with van der Waals surface area (Å²) in [6.07, 6.45) is 1.52. The van der Waals surface area contributed by atoms with Gasteiger partial charge in [0, 0.05) is 29.3 Å². The summed E-state index contributed by atoms with van der Waals surface area (Å²) >= 11 is 5.59. The third-order valence-corrected chi connectivity index (χ3v) is 5.73. The van der Waals surface area contributed by atoms with Gasteiger partial charge in [0.25, 0.3) is 11.8 Å². The lowest BCUT2D eigenvalue weighted by molar-refractivity contribution is -0.151. The summed E-state index contributed by atoms with van der Waals surface area (Å²) in [6, 6.07) is 5.15. The zero-order valence-corrected chi connectivity index (χ0v) is 17.2. The number of benzene rings is 2. The molecule has 3 saturated carbocycles. The Kier molecular flexibility index (Phi) is 5.66. The van der Waals surface area contributed by atoms with Crippen LogP contribution in [0.1, 0.15) is 19.3 Å². The zero-order valence-electron chi connectivity index (χ0n) is 16.4. The van der Waals surface area contributed by atoms with Crippen molar-refractivity contribution in [2.75, 3.05) is 13.2 Å². The maximum atomic E-state index is 13.4. The van der Waals surface area contributed by atoms with E-state index in [-0.39, 0.29) is 29.0 Å². The van der Waals surface area contributed by atoms with Crippen LogP contribution in [-0.4, -0.2) is 36.1 Å². The molecule has 2 bridgehead atoms. The smallest absolute Gasteiger partial charge is 0.258 e. The summed E-state index contributed by atoms with van der Waals surface area (Å²) in [4.78, 5) is 24.2. The van der Waals surface area contributed by atoms with E-state index in [0.29, 0.717) is 31.4 Å². The van der Waals surface area contributed by atoms with Crippen LogP contribution in [0.4, 0.5) is 17.6 Å². The Morgan fingerprint density at radius 3 is 1.78 bits per heavy atom. The molecule has 0 atom stereocenters. The van der Waals surface area contributed by atoms with Gasteiger partial charge < -0.3 is 20.1 Å². The Hall–Kier alpha value is -3.01. The fraction of sp³-hybridized carbons (Fsp3) is 0.333. The predicted octanol–water partition coefficient (Wildman–Crippen LogP) is 3.26. The Bertz CT molecular complexity index is 1050. The third-order valence-electron chi connectivity index (χ3n) is 5.43. The minimum absolute atomic E-state index is 0.0505. The number of ether oxygens (including phenoxy) is 2. The number of rotatable bonds is 8. The van der Waals surface area contributed by atoms with E-state index in [2.05, 4.69) is 10.6 Å². The van der Waals surface area contributed by atoms with E-state index < -0.39 is 46.9 Å². The van der Waals surface area contributed by atoms with Crippen LogP contribution >= 0.6 is 11.6 Å². The van der Waals surface area contributed by atoms with Crippen LogP contribution in [0.3, 0.4) is 0 Å². The van der Waals surface area contributed by atoms with E-state index in [1.54, 1.807) is 0 Å². The van der Waals surface area contributed by atoms with E-state index in [9.17, 15) is 27.2 Å². The summed E-state index contributed by atoms with van der Waals surface area (Å²) < 4.78 is 62.9. The maximum Gasteiger partial charge on any atom is 0.258 e. The minimum atomic E-state index is -1.62. The van der Waals surface area contributed by atoms with Gasteiger partial charge in [-0.2, -0.15) is 0 Å². The monoisotopic (exact) mass is 472 g/mol. The van der Waals surface area contributed by atoms with Crippen molar-refractivity contribution >= 4 is 23.4 Å². The zero-order chi connectivity index (χ0) is 23.1. The number of nitrogens with one attached hydrogen (secondary N) is 2. The molecule has 0 spiro atoms. The van der Waals surface area contributed by atoms with Gasteiger partial charge in [-0.3, -0.25) is 9.59 Å². The van der Waals surface area contributed by atoms with Crippen LogP contribution < -0.4 is 20.1 Å². The molecule has 170 valence electrons. The Balaban J connectivity index is 1.19. The summed E-state index contributed by atoms with van der Waals surface area (Å²) in [5, 5.41) is 5.57. The van der Waals surface area contributed by atoms with Crippen molar-refractivity contribution in [3.05, 3.63) is 58.6 Å². The first-order valence-electron chi connectivity index (χ1n) is 9.56. The first-order chi connectivity index (χ1) is 15.1. The highest BCUT2D eigenvalue weighted by Gasteiger charge is 2.69. The van der Waals surface area contributed by atoms with Crippen LogP contribution in [0, 0.1) is 23.3 Å². The highest BCUT2D eigenvalue weighted by Crippen LogP contribution is 2.60. The Morgan fingerprint density at radius 2 is 1.28 bits per heavy atom. The highest BCUT2D eigenvalue weighted by molar-refractivity contribution is 6.30. The van der Waals surface area contributed by atoms with Crippen molar-refractivity contribution in [3.63, 3.8) is 0 Å². The van der Waals surface area contributed by atoms with Crippen LogP contribution in [0.2, 0.25) is 5.02 Å². The topological polar surface area (TPSA) is 76.7 Å². The van der Waals surface area contributed by atoms with Crippen molar-refractivity contribution in [1.82, 2.24) is 10.6 Å². The number of amides is 2. The highest BCUT2D eigenvalue weighted by atomic mass is 35.5. The number of halogens is 5. The van der Waals surface area contributed by atoms with E-state index in [1.807, 2.05) is 0 Å². The summed E-state index contributed by atoms with van der Waals surface area (Å²) in [5.74, 6) is -6.13. The second-order valence-corrected chi connectivity index (χ2v) is 8.45. The molecule has 0 heterocycles. The molecular formula is C21H17ClF4N2O4. The van der Waals surface area contributed by atoms with Crippen LogP contribution in [-0.2, 0) is 9.59 Å². The van der Waals surface area contributed by atoms with Crippen molar-refractivity contribution in [2.24, 2.45) is 0 Å². The molecule has 3 fully saturated rings. The second-order valence-electron chi connectivity index (χ2n) is 8.04. The van der Waals surface area contributed by atoms with Crippen LogP contribution in [0.25, 0.3) is 0 Å². The fourth-order valence-corrected chi connectivity index (χ4v) is 4.31. The molecule has 0 unspecified atom stereocenters. The molecule has 6 nitrogen and oxygen atoms in total. The Labute approximate surface area is 184 Å². The Morgan fingerprint density at radius 1 is 0.812 bits per heavy atom. The maximum absolute atomic E-state index is 13.4. The predicted molar refractivity (Wildman–Crippen MR) is 104 cm³/mol. The standard InChI is InChI=1S/C21H17ClF4N2O4/c22-13-2-1-11(3-14(13)23)31-6-17(29)27-20-8-21(9-20,10-20)28-18(30)7-32-12-4-15(24)19(26)16(25)5-12/h1-5H,6-10H2,(H,27,29)(H,28,30). The molecule has 3 aliphatic rings. The molecule has 3 aliphatic carbocycles. The van der Waals surface area contributed by atoms with Gasteiger partial charge in [0.1, 0.15) is 17.3 Å². The molecule has 0 aliphatic heterocycles. The van der Waals surface area contributed by atoms with Crippen molar-refractivity contribution in [3.8, 4) is 11.5 Å². The van der Waals surface area contributed by atoms with Crippen LogP contribution in [0.15, 0.2) is 30.3 Å². The molecule has 0 aromatic heterocycles. The van der Waals surface area contributed by atoms with Gasteiger partial charge in [-0.1, -0.05) is 11.6 Å². The van der Waals surface area contributed by atoms with E-state index in [1.165, 1.54) is 12.1 Å². The molecule has 2 amide bonds. The van der Waals surface area contributed by atoms with Gasteiger partial charge in [-0.15, -0.1) is 0 Å². The molecule has 2 aromatic rings.